The van der Waals surface area contributed by atoms with Gasteiger partial charge in [0.15, 0.2) is 0 Å². The summed E-state index contributed by atoms with van der Waals surface area (Å²) in [7, 11) is 0. The van der Waals surface area contributed by atoms with Crippen molar-refractivity contribution in [1.29, 1.82) is 0 Å². The minimum absolute atomic E-state index is 0.0695. The molecule has 2 atom stereocenters. The maximum atomic E-state index is 13.0. The summed E-state index contributed by atoms with van der Waals surface area (Å²) in [5, 5.41) is 12.8. The Morgan fingerprint density at radius 1 is 1.27 bits per heavy atom. The molecule has 1 aliphatic rings. The van der Waals surface area contributed by atoms with Gasteiger partial charge < -0.3 is 5.11 Å². The van der Waals surface area contributed by atoms with E-state index >= 15 is 0 Å². The number of aromatic nitrogens is 2. The third kappa shape index (κ3) is 1.69. The smallest absolute Gasteiger partial charge is 0.280 e. The first-order valence-corrected chi connectivity index (χ1v) is 7.76. The zero-order chi connectivity index (χ0) is 16.3. The van der Waals surface area contributed by atoms with Gasteiger partial charge in [0.1, 0.15) is 11.4 Å². The van der Waals surface area contributed by atoms with Crippen LogP contribution in [0.3, 0.4) is 0 Å². The lowest BCUT2D eigenvalue weighted by Crippen LogP contribution is -2.40. The quantitative estimate of drug-likeness (QED) is 0.879. The predicted molar refractivity (Wildman–Crippen MR) is 87.8 cm³/mol. The first-order chi connectivity index (χ1) is 10.3. The number of aliphatic hydroxyl groups is 1. The summed E-state index contributed by atoms with van der Waals surface area (Å²) in [6, 6.07) is 7.40. The molecule has 1 fully saturated rings. The molecule has 1 aromatic heterocycles. The Morgan fingerprint density at radius 3 is 2.45 bits per heavy atom. The van der Waals surface area contributed by atoms with Gasteiger partial charge in [0.2, 0.25) is 0 Å². The van der Waals surface area contributed by atoms with Crippen LogP contribution in [0.1, 0.15) is 40.4 Å². The van der Waals surface area contributed by atoms with E-state index < -0.39 is 11.6 Å². The molecule has 1 aromatic carbocycles. The Bertz CT molecular complexity index is 794. The van der Waals surface area contributed by atoms with E-state index in [9.17, 15) is 9.90 Å². The third-order valence-electron chi connectivity index (χ3n) is 5.31. The van der Waals surface area contributed by atoms with Crippen LogP contribution in [0, 0.1) is 0 Å². The maximum Gasteiger partial charge on any atom is 0.280 e. The topological polar surface area (TPSA) is 58.1 Å². The number of hydrogen-bond acceptors (Lipinski definition) is 4. The first-order valence-electron chi connectivity index (χ1n) is 7.76. The third-order valence-corrected chi connectivity index (χ3v) is 5.31. The molecule has 0 bridgehead atoms. The lowest BCUT2D eigenvalue weighted by atomic mass is 9.93. The van der Waals surface area contributed by atoms with E-state index in [0.717, 1.165) is 11.3 Å². The fraction of sp³-hybridized carbons (Fsp3) is 0.529. The highest BCUT2D eigenvalue weighted by molar-refractivity contribution is 5.77. The minimum Gasteiger partial charge on any atom is -0.391 e. The number of aryl methyl sites for hydroxylation is 1. The van der Waals surface area contributed by atoms with Gasteiger partial charge in [-0.25, -0.2) is 9.66 Å². The molecule has 0 radical (unpaired) electrons. The van der Waals surface area contributed by atoms with Crippen LogP contribution in [0.5, 0.6) is 0 Å². The average Bonchev–Trinajstić information content (AvgIpc) is 2.94. The molecule has 0 saturated carbocycles. The molecule has 2 aromatic rings. The molecule has 5 heteroatoms. The molecule has 0 spiro atoms. The summed E-state index contributed by atoms with van der Waals surface area (Å²) in [6.45, 7) is 9.83. The van der Waals surface area contributed by atoms with Gasteiger partial charge in [-0.2, -0.15) is 0 Å². The van der Waals surface area contributed by atoms with Gasteiger partial charge in [0.25, 0.3) is 5.56 Å². The number of nitrogens with zero attached hydrogens (tertiary/aromatic N) is 3. The molecule has 1 N–H and O–H groups in total. The van der Waals surface area contributed by atoms with Gasteiger partial charge >= 0.3 is 0 Å². The molecule has 0 amide bonds. The van der Waals surface area contributed by atoms with E-state index in [2.05, 4.69) is 4.98 Å². The Hall–Kier alpha value is -1.88. The van der Waals surface area contributed by atoms with Crippen LogP contribution in [0.15, 0.2) is 29.1 Å². The summed E-state index contributed by atoms with van der Waals surface area (Å²) in [6.07, 6.45) is 0.105. The van der Waals surface area contributed by atoms with Gasteiger partial charge in [0.05, 0.1) is 22.5 Å². The highest BCUT2D eigenvalue weighted by atomic mass is 16.3. The number of hydrogen-bond donors (Lipinski definition) is 1. The molecular formula is C17H23N3O2. The lowest BCUT2D eigenvalue weighted by molar-refractivity contribution is 0.147. The van der Waals surface area contributed by atoms with Crippen molar-refractivity contribution in [2.75, 3.05) is 5.01 Å². The standard InChI is InChI=1S/C17H23N3O2/c1-6-14-18-13-10-8-7-9-12(13)15(22)19(14)20-16(3,4)17(20,5)11(2)21/h7-11,21H,6H2,1-5H3/t11-,17-,20?/m1/s1. The zero-order valence-corrected chi connectivity index (χ0v) is 13.8. The number of rotatable bonds is 3. The fourth-order valence-corrected chi connectivity index (χ4v) is 3.50. The van der Waals surface area contributed by atoms with Gasteiger partial charge in [-0.3, -0.25) is 9.80 Å². The molecule has 1 saturated heterocycles. The van der Waals surface area contributed by atoms with Crippen molar-refractivity contribution in [3.05, 3.63) is 40.4 Å². The van der Waals surface area contributed by atoms with Crippen LogP contribution in [0.25, 0.3) is 10.9 Å². The van der Waals surface area contributed by atoms with E-state index in [-0.39, 0.29) is 11.1 Å². The van der Waals surface area contributed by atoms with Gasteiger partial charge in [-0.15, -0.1) is 0 Å². The summed E-state index contributed by atoms with van der Waals surface area (Å²) in [5.41, 5.74) is -0.136. The summed E-state index contributed by atoms with van der Waals surface area (Å²) in [5.74, 6) is 0.723. The average molecular weight is 301 g/mol. The Kier molecular flexibility index (Phi) is 3.11. The Balaban J connectivity index is 2.29. The second kappa shape index (κ2) is 4.56. The molecule has 0 aliphatic carbocycles. The zero-order valence-electron chi connectivity index (χ0n) is 13.8. The number of para-hydroxylation sites is 1. The SMILES string of the molecule is CCc1nc2ccccc2c(=O)n1N1C(C)(C)[C@@]1(C)[C@@H](C)O. The van der Waals surface area contributed by atoms with Crippen LogP contribution in [-0.2, 0) is 6.42 Å². The van der Waals surface area contributed by atoms with Crippen molar-refractivity contribution < 1.29 is 5.11 Å². The van der Waals surface area contributed by atoms with Crippen LogP contribution in [-0.4, -0.2) is 31.9 Å². The van der Waals surface area contributed by atoms with E-state index in [0.29, 0.717) is 11.8 Å². The summed E-state index contributed by atoms with van der Waals surface area (Å²) >= 11 is 0. The second-order valence-corrected chi connectivity index (χ2v) is 6.71. The van der Waals surface area contributed by atoms with E-state index in [1.54, 1.807) is 17.7 Å². The normalized spacial score (nSPS) is 24.5. The first kappa shape index (κ1) is 15.0. The molecule has 3 rings (SSSR count). The number of benzene rings is 1. The van der Waals surface area contributed by atoms with E-state index in [4.69, 9.17) is 0 Å². The molecule has 1 aliphatic heterocycles. The molecule has 2 heterocycles. The number of fused-ring (bicyclic) bond motifs is 1. The van der Waals surface area contributed by atoms with Crippen LogP contribution >= 0.6 is 0 Å². The van der Waals surface area contributed by atoms with Gasteiger partial charge in [-0.05, 0) is 39.8 Å². The predicted octanol–water partition coefficient (Wildman–Crippen LogP) is 1.83. The molecule has 0 unspecified atom stereocenters. The van der Waals surface area contributed by atoms with E-state index in [1.165, 1.54) is 0 Å². The van der Waals surface area contributed by atoms with Gasteiger partial charge in [-0.1, -0.05) is 19.1 Å². The van der Waals surface area contributed by atoms with Crippen molar-refractivity contribution in [3.63, 3.8) is 0 Å². The maximum absolute atomic E-state index is 13.0. The lowest BCUT2D eigenvalue weighted by Gasteiger charge is -2.20. The highest BCUT2D eigenvalue weighted by Gasteiger charge is 2.70. The van der Waals surface area contributed by atoms with Crippen LogP contribution < -0.4 is 10.6 Å². The molecule has 22 heavy (non-hydrogen) atoms. The van der Waals surface area contributed by atoms with Crippen molar-refractivity contribution in [1.82, 2.24) is 9.66 Å². The van der Waals surface area contributed by atoms with Crippen molar-refractivity contribution in [3.8, 4) is 0 Å². The molecular weight excluding hydrogens is 278 g/mol. The molecule has 5 nitrogen and oxygen atoms in total. The van der Waals surface area contributed by atoms with Crippen molar-refractivity contribution in [2.45, 2.75) is 58.2 Å². The summed E-state index contributed by atoms with van der Waals surface area (Å²) in [4.78, 5) is 17.6. The van der Waals surface area contributed by atoms with Gasteiger partial charge in [0, 0.05) is 6.42 Å². The minimum atomic E-state index is -0.550. The molecule has 118 valence electrons. The van der Waals surface area contributed by atoms with Crippen molar-refractivity contribution in [2.24, 2.45) is 0 Å². The van der Waals surface area contributed by atoms with E-state index in [1.807, 2.05) is 50.9 Å². The van der Waals surface area contributed by atoms with Crippen molar-refractivity contribution >= 4 is 10.9 Å². The Morgan fingerprint density at radius 2 is 1.91 bits per heavy atom. The Labute approximate surface area is 130 Å². The second-order valence-electron chi connectivity index (χ2n) is 6.71. The largest absolute Gasteiger partial charge is 0.391 e. The van der Waals surface area contributed by atoms with Crippen LogP contribution in [0.4, 0.5) is 0 Å². The summed E-state index contributed by atoms with van der Waals surface area (Å²) < 4.78 is 1.66. The van der Waals surface area contributed by atoms with Crippen LogP contribution in [0.2, 0.25) is 0 Å². The monoisotopic (exact) mass is 301 g/mol. The number of aliphatic hydroxyl groups excluding tert-OH is 1. The highest BCUT2D eigenvalue weighted by Crippen LogP contribution is 2.51. The fourth-order valence-electron chi connectivity index (χ4n) is 3.50.